The second-order valence-corrected chi connectivity index (χ2v) is 8.97. The van der Waals surface area contributed by atoms with Gasteiger partial charge in [0.1, 0.15) is 0 Å². The molecule has 5 nitrogen and oxygen atoms in total. The van der Waals surface area contributed by atoms with E-state index in [9.17, 15) is 5.11 Å². The number of aromatic nitrogens is 2. The van der Waals surface area contributed by atoms with Gasteiger partial charge in [-0.05, 0) is 59.3 Å². The Morgan fingerprint density at radius 2 is 1.87 bits per heavy atom. The summed E-state index contributed by atoms with van der Waals surface area (Å²) < 4.78 is 1.87. The van der Waals surface area contributed by atoms with Crippen LogP contribution in [0.15, 0.2) is 12.4 Å². The highest BCUT2D eigenvalue weighted by molar-refractivity contribution is 5.15. The molecule has 1 aliphatic carbocycles. The van der Waals surface area contributed by atoms with Crippen molar-refractivity contribution in [2.24, 2.45) is 13.0 Å². The molecule has 0 amide bonds. The van der Waals surface area contributed by atoms with Crippen LogP contribution in [-0.4, -0.2) is 38.1 Å². The zero-order chi connectivity index (χ0) is 16.8. The van der Waals surface area contributed by atoms with Gasteiger partial charge in [-0.3, -0.25) is 4.68 Å². The molecule has 1 saturated heterocycles. The molecule has 1 aromatic rings. The van der Waals surface area contributed by atoms with Gasteiger partial charge < -0.3 is 15.7 Å². The van der Waals surface area contributed by atoms with Crippen LogP contribution in [0, 0.1) is 5.92 Å². The fourth-order valence-corrected chi connectivity index (χ4v) is 4.70. The molecule has 3 rings (SSSR count). The van der Waals surface area contributed by atoms with Gasteiger partial charge in [-0.15, -0.1) is 0 Å². The fraction of sp³-hybridized carbons (Fsp3) is 0.833. The maximum atomic E-state index is 9.73. The summed E-state index contributed by atoms with van der Waals surface area (Å²) >= 11 is 0. The van der Waals surface area contributed by atoms with E-state index in [1.807, 2.05) is 17.9 Å². The van der Waals surface area contributed by atoms with Crippen molar-refractivity contribution in [2.75, 3.05) is 0 Å². The quantitative estimate of drug-likeness (QED) is 0.795. The van der Waals surface area contributed by atoms with Crippen LogP contribution >= 0.6 is 0 Å². The highest BCUT2D eigenvalue weighted by atomic mass is 16.3. The number of piperidine rings is 1. The lowest BCUT2D eigenvalue weighted by molar-refractivity contribution is 0.0171. The Morgan fingerprint density at radius 1 is 1.26 bits per heavy atom. The largest absolute Gasteiger partial charge is 0.393 e. The van der Waals surface area contributed by atoms with E-state index in [0.717, 1.165) is 25.7 Å². The predicted molar refractivity (Wildman–Crippen MR) is 92.1 cm³/mol. The van der Waals surface area contributed by atoms with E-state index in [-0.39, 0.29) is 17.2 Å². The molecule has 1 atom stereocenters. The number of nitrogens with zero attached hydrogens (tertiary/aromatic N) is 2. The number of nitrogens with one attached hydrogen (secondary N) is 2. The van der Waals surface area contributed by atoms with Gasteiger partial charge in [0.25, 0.3) is 0 Å². The summed E-state index contributed by atoms with van der Waals surface area (Å²) in [6.45, 7) is 9.15. The Hall–Kier alpha value is -0.910. The summed E-state index contributed by atoms with van der Waals surface area (Å²) in [5, 5.41) is 21.7. The molecule has 1 saturated carbocycles. The molecule has 0 aromatic carbocycles. The SMILES string of the molecule is Cn1cc([C@@H](NC2CC(C)(C)NC(C)(C)C2)C2CC(O)C2)cn1. The lowest BCUT2D eigenvalue weighted by atomic mass is 9.74. The van der Waals surface area contributed by atoms with Crippen molar-refractivity contribution in [3.05, 3.63) is 18.0 Å². The van der Waals surface area contributed by atoms with Crippen molar-refractivity contribution < 1.29 is 5.11 Å². The third kappa shape index (κ3) is 3.95. The van der Waals surface area contributed by atoms with Gasteiger partial charge in [-0.1, -0.05) is 0 Å². The highest BCUT2D eigenvalue weighted by Crippen LogP contribution is 2.39. The van der Waals surface area contributed by atoms with Gasteiger partial charge >= 0.3 is 0 Å². The van der Waals surface area contributed by atoms with Crippen molar-refractivity contribution >= 4 is 0 Å². The fourth-order valence-electron chi connectivity index (χ4n) is 4.70. The third-order valence-electron chi connectivity index (χ3n) is 5.31. The smallest absolute Gasteiger partial charge is 0.0547 e. The van der Waals surface area contributed by atoms with Gasteiger partial charge in [-0.2, -0.15) is 5.10 Å². The molecule has 2 aliphatic rings. The van der Waals surface area contributed by atoms with Crippen LogP contribution < -0.4 is 10.6 Å². The standard InChI is InChI=1S/C18H32N4O/c1-17(2)8-14(9-18(3,4)21-17)20-16(12-6-15(23)7-12)13-10-19-22(5)11-13/h10-12,14-16,20-21,23H,6-9H2,1-5H3/t12?,15?,16-/m0/s1. The average Bonchev–Trinajstić information content (AvgIpc) is 2.75. The first-order valence-corrected chi connectivity index (χ1v) is 8.86. The summed E-state index contributed by atoms with van der Waals surface area (Å²) in [6.07, 6.45) is 7.97. The summed E-state index contributed by atoms with van der Waals surface area (Å²) in [5.74, 6) is 0.510. The Morgan fingerprint density at radius 3 is 2.35 bits per heavy atom. The topological polar surface area (TPSA) is 62.1 Å². The van der Waals surface area contributed by atoms with Gasteiger partial charge in [0.2, 0.25) is 0 Å². The Bertz CT molecular complexity index is 529. The monoisotopic (exact) mass is 320 g/mol. The first kappa shape index (κ1) is 16.9. The van der Waals surface area contributed by atoms with Gasteiger partial charge in [-0.25, -0.2) is 0 Å². The zero-order valence-electron chi connectivity index (χ0n) is 15.1. The van der Waals surface area contributed by atoms with Crippen LogP contribution in [0.3, 0.4) is 0 Å². The predicted octanol–water partition coefficient (Wildman–Crippen LogP) is 2.13. The first-order valence-electron chi connectivity index (χ1n) is 8.86. The summed E-state index contributed by atoms with van der Waals surface area (Å²) in [4.78, 5) is 0. The van der Waals surface area contributed by atoms with Crippen LogP contribution in [0.4, 0.5) is 0 Å². The normalized spacial score (nSPS) is 31.6. The van der Waals surface area contributed by atoms with Gasteiger partial charge in [0, 0.05) is 42.0 Å². The number of aliphatic hydroxyl groups is 1. The number of hydrogen-bond acceptors (Lipinski definition) is 4. The Kier molecular flexibility index (Phi) is 4.32. The van der Waals surface area contributed by atoms with Crippen molar-refractivity contribution in [3.8, 4) is 0 Å². The van der Waals surface area contributed by atoms with E-state index in [0.29, 0.717) is 18.0 Å². The Balaban J connectivity index is 1.75. The van der Waals surface area contributed by atoms with Crippen molar-refractivity contribution in [1.29, 1.82) is 0 Å². The van der Waals surface area contributed by atoms with Crippen LogP contribution in [0.2, 0.25) is 0 Å². The minimum Gasteiger partial charge on any atom is -0.393 e. The number of aryl methyl sites for hydroxylation is 1. The van der Waals surface area contributed by atoms with E-state index < -0.39 is 0 Å². The lowest BCUT2D eigenvalue weighted by Gasteiger charge is -2.49. The number of rotatable bonds is 4. The molecule has 1 aliphatic heterocycles. The molecule has 130 valence electrons. The molecule has 0 bridgehead atoms. The number of aliphatic hydroxyl groups excluding tert-OH is 1. The molecule has 2 fully saturated rings. The zero-order valence-corrected chi connectivity index (χ0v) is 15.1. The van der Waals surface area contributed by atoms with E-state index in [1.54, 1.807) is 0 Å². The van der Waals surface area contributed by atoms with Crippen LogP contribution in [-0.2, 0) is 7.05 Å². The summed E-state index contributed by atoms with van der Waals surface area (Å²) in [7, 11) is 1.97. The molecule has 0 unspecified atom stereocenters. The Labute approximate surface area is 139 Å². The molecule has 5 heteroatoms. The molecule has 2 heterocycles. The molecule has 23 heavy (non-hydrogen) atoms. The average molecular weight is 320 g/mol. The molecule has 3 N–H and O–H groups in total. The molecular formula is C18H32N4O. The third-order valence-corrected chi connectivity index (χ3v) is 5.31. The minimum atomic E-state index is -0.123. The van der Waals surface area contributed by atoms with Crippen LogP contribution in [0.25, 0.3) is 0 Å². The lowest BCUT2D eigenvalue weighted by Crippen LogP contribution is -2.62. The van der Waals surface area contributed by atoms with Crippen LogP contribution in [0.1, 0.15) is 65.0 Å². The molecule has 1 aromatic heterocycles. The van der Waals surface area contributed by atoms with Gasteiger partial charge in [0.15, 0.2) is 0 Å². The maximum absolute atomic E-state index is 9.73. The van der Waals surface area contributed by atoms with Gasteiger partial charge in [0.05, 0.1) is 12.3 Å². The highest BCUT2D eigenvalue weighted by Gasteiger charge is 2.41. The van der Waals surface area contributed by atoms with Crippen molar-refractivity contribution in [2.45, 2.75) is 82.6 Å². The summed E-state index contributed by atoms with van der Waals surface area (Å²) in [6, 6.07) is 0.769. The maximum Gasteiger partial charge on any atom is 0.0547 e. The van der Waals surface area contributed by atoms with Crippen molar-refractivity contribution in [1.82, 2.24) is 20.4 Å². The molecular weight excluding hydrogens is 288 g/mol. The van der Waals surface area contributed by atoms with E-state index in [2.05, 4.69) is 49.6 Å². The molecule has 0 spiro atoms. The van der Waals surface area contributed by atoms with E-state index in [4.69, 9.17) is 0 Å². The molecule has 0 radical (unpaired) electrons. The van der Waals surface area contributed by atoms with Crippen molar-refractivity contribution in [3.63, 3.8) is 0 Å². The van der Waals surface area contributed by atoms with Crippen LogP contribution in [0.5, 0.6) is 0 Å². The minimum absolute atomic E-state index is 0.123. The number of hydrogen-bond donors (Lipinski definition) is 3. The summed E-state index contributed by atoms with van der Waals surface area (Å²) in [5.41, 5.74) is 1.52. The second kappa shape index (κ2) is 5.87. The van der Waals surface area contributed by atoms with E-state index in [1.165, 1.54) is 5.56 Å². The first-order chi connectivity index (χ1) is 10.6. The van der Waals surface area contributed by atoms with E-state index >= 15 is 0 Å². The second-order valence-electron chi connectivity index (χ2n) is 8.97.